The number of anilines is 1. The molecule has 1 atom stereocenters. The average molecular weight is 449 g/mol. The van der Waals surface area contributed by atoms with Crippen molar-refractivity contribution in [1.29, 1.82) is 0 Å². The lowest BCUT2D eigenvalue weighted by molar-refractivity contribution is -0.115. The molecule has 1 saturated heterocycles. The Balaban J connectivity index is 1.29. The predicted octanol–water partition coefficient (Wildman–Crippen LogP) is 3.54. The van der Waals surface area contributed by atoms with Crippen molar-refractivity contribution >= 4 is 45.5 Å². The number of piperazine rings is 1. The van der Waals surface area contributed by atoms with Crippen molar-refractivity contribution in [2.24, 2.45) is 0 Å². The molecule has 0 spiro atoms. The lowest BCUT2D eigenvalue weighted by atomic mass is 10.1. The maximum absolute atomic E-state index is 11.9. The number of carbonyl (C=O) groups excluding carboxylic acids is 1. The molecule has 4 aromatic rings. The van der Waals surface area contributed by atoms with E-state index < -0.39 is 0 Å². The zero-order valence-corrected chi connectivity index (χ0v) is 18.6. The van der Waals surface area contributed by atoms with E-state index in [0.29, 0.717) is 18.9 Å². The Morgan fingerprint density at radius 2 is 2.03 bits per heavy atom. The van der Waals surface area contributed by atoms with Crippen molar-refractivity contribution in [3.05, 3.63) is 64.6 Å². The molecule has 0 bridgehead atoms. The van der Waals surface area contributed by atoms with Crippen LogP contribution in [0.3, 0.4) is 0 Å². The topological polar surface area (TPSA) is 91.1 Å². The summed E-state index contributed by atoms with van der Waals surface area (Å²) in [5.74, 6) is 0.482. The lowest BCUT2D eigenvalue weighted by Gasteiger charge is -2.39. The molecule has 32 heavy (non-hydrogen) atoms. The van der Waals surface area contributed by atoms with Crippen LogP contribution in [0.4, 0.5) is 5.82 Å². The first kappa shape index (κ1) is 20.9. The normalized spacial score (nSPS) is 17.9. The van der Waals surface area contributed by atoms with E-state index in [1.54, 1.807) is 0 Å². The second kappa shape index (κ2) is 8.50. The number of hydrogen-bond acceptors (Lipinski definition) is 6. The molecule has 2 aromatic heterocycles. The van der Waals surface area contributed by atoms with Gasteiger partial charge in [-0.25, -0.2) is 9.97 Å². The van der Waals surface area contributed by atoms with Crippen LogP contribution in [0.2, 0.25) is 5.02 Å². The number of H-pyrrole nitrogens is 1. The molecule has 0 saturated carbocycles. The number of aryl methyl sites for hydroxylation is 1. The Kier molecular flexibility index (Phi) is 5.55. The molecule has 2 aromatic carbocycles. The van der Waals surface area contributed by atoms with Crippen molar-refractivity contribution in [1.82, 2.24) is 24.8 Å². The number of aromatic nitrogens is 3. The van der Waals surface area contributed by atoms with E-state index in [-0.39, 0.29) is 6.04 Å². The van der Waals surface area contributed by atoms with E-state index in [1.807, 2.05) is 36.4 Å². The van der Waals surface area contributed by atoms with Crippen LogP contribution in [0, 0.1) is 6.92 Å². The van der Waals surface area contributed by atoms with Crippen molar-refractivity contribution in [3.8, 4) is 0 Å². The minimum absolute atomic E-state index is 0.158. The molecule has 3 N–H and O–H groups in total. The quantitative estimate of drug-likeness (QED) is 0.454. The van der Waals surface area contributed by atoms with Crippen molar-refractivity contribution in [2.75, 3.05) is 25.4 Å². The Bertz CT molecular complexity index is 1300. The number of aromatic amines is 1. The summed E-state index contributed by atoms with van der Waals surface area (Å²) < 4.78 is 0. The van der Waals surface area contributed by atoms with Gasteiger partial charge in [0.15, 0.2) is 0 Å². The molecular formula is C24H25ClN6O. The summed E-state index contributed by atoms with van der Waals surface area (Å²) in [7, 11) is 0. The number of carbonyl (C=O) groups is 1. The molecule has 3 heterocycles. The van der Waals surface area contributed by atoms with Crippen LogP contribution in [0.5, 0.6) is 0 Å². The summed E-state index contributed by atoms with van der Waals surface area (Å²) >= 11 is 6.17. The van der Waals surface area contributed by atoms with Crippen molar-refractivity contribution < 1.29 is 4.79 Å². The highest BCUT2D eigenvalue weighted by molar-refractivity contribution is 6.31. The first-order valence-corrected chi connectivity index (χ1v) is 11.1. The highest BCUT2D eigenvalue weighted by atomic mass is 35.5. The van der Waals surface area contributed by atoms with E-state index in [4.69, 9.17) is 17.3 Å². The lowest BCUT2D eigenvalue weighted by Crippen LogP contribution is -2.53. The van der Waals surface area contributed by atoms with Crippen LogP contribution < -0.4 is 5.73 Å². The van der Waals surface area contributed by atoms with Gasteiger partial charge in [-0.2, -0.15) is 0 Å². The van der Waals surface area contributed by atoms with Gasteiger partial charge in [0.25, 0.3) is 0 Å². The Labute approximate surface area is 191 Å². The second-order valence-electron chi connectivity index (χ2n) is 8.44. The summed E-state index contributed by atoms with van der Waals surface area (Å²) in [4.78, 5) is 28.4. The predicted molar refractivity (Wildman–Crippen MR) is 128 cm³/mol. The van der Waals surface area contributed by atoms with Crippen LogP contribution in [0.1, 0.15) is 16.8 Å². The molecule has 7 nitrogen and oxygen atoms in total. The van der Waals surface area contributed by atoms with Gasteiger partial charge in [0.05, 0.1) is 11.6 Å². The molecule has 0 radical (unpaired) electrons. The van der Waals surface area contributed by atoms with Gasteiger partial charge >= 0.3 is 0 Å². The number of nitrogens with one attached hydrogen (secondary N) is 1. The van der Waals surface area contributed by atoms with Crippen LogP contribution in [0.25, 0.3) is 21.8 Å². The van der Waals surface area contributed by atoms with E-state index in [2.05, 4.69) is 31.7 Å². The Hall–Kier alpha value is -3.00. The minimum atomic E-state index is -0.158. The zero-order valence-electron chi connectivity index (χ0n) is 17.9. The SMILES string of the molecule is Cc1c(CN2CCN(Cc3ccc4c(N)ncnc4c3)[C@H](C=O)C2)[nH]c2ccc(Cl)cc12. The fourth-order valence-corrected chi connectivity index (χ4v) is 4.74. The molecule has 1 fully saturated rings. The number of aldehydes is 1. The smallest absolute Gasteiger partial charge is 0.138 e. The van der Waals surface area contributed by atoms with Crippen LogP contribution in [-0.2, 0) is 17.9 Å². The summed E-state index contributed by atoms with van der Waals surface area (Å²) in [6.07, 6.45) is 2.54. The largest absolute Gasteiger partial charge is 0.383 e. The van der Waals surface area contributed by atoms with Gasteiger partial charge in [-0.15, -0.1) is 0 Å². The summed E-state index contributed by atoms with van der Waals surface area (Å²) in [6, 6.07) is 11.8. The minimum Gasteiger partial charge on any atom is -0.383 e. The number of nitrogens with zero attached hydrogens (tertiary/aromatic N) is 4. The molecule has 1 aliphatic rings. The summed E-state index contributed by atoms with van der Waals surface area (Å²) in [6.45, 7) is 6.00. The number of nitrogen functional groups attached to an aromatic ring is 1. The fourth-order valence-electron chi connectivity index (χ4n) is 4.57. The van der Waals surface area contributed by atoms with E-state index in [9.17, 15) is 4.79 Å². The molecule has 0 unspecified atom stereocenters. The molecule has 8 heteroatoms. The Morgan fingerprint density at radius 3 is 2.88 bits per heavy atom. The van der Waals surface area contributed by atoms with Gasteiger partial charge in [-0.3, -0.25) is 9.80 Å². The molecule has 1 aliphatic heterocycles. The maximum atomic E-state index is 11.9. The van der Waals surface area contributed by atoms with E-state index >= 15 is 0 Å². The number of benzene rings is 2. The van der Waals surface area contributed by atoms with Gasteiger partial charge < -0.3 is 15.5 Å². The van der Waals surface area contributed by atoms with Gasteiger partial charge in [0.1, 0.15) is 18.4 Å². The highest BCUT2D eigenvalue weighted by Gasteiger charge is 2.27. The number of fused-ring (bicyclic) bond motifs is 2. The van der Waals surface area contributed by atoms with Gasteiger partial charge in [-0.05, 0) is 48.4 Å². The summed E-state index contributed by atoms with van der Waals surface area (Å²) in [5.41, 5.74) is 11.3. The van der Waals surface area contributed by atoms with Gasteiger partial charge in [-0.1, -0.05) is 17.7 Å². The molecular weight excluding hydrogens is 424 g/mol. The van der Waals surface area contributed by atoms with E-state index in [1.165, 1.54) is 17.6 Å². The fraction of sp³-hybridized carbons (Fsp3) is 0.292. The average Bonchev–Trinajstić information content (AvgIpc) is 3.09. The zero-order chi connectivity index (χ0) is 22.2. The third-order valence-corrected chi connectivity index (χ3v) is 6.63. The second-order valence-corrected chi connectivity index (χ2v) is 8.87. The first-order valence-electron chi connectivity index (χ1n) is 10.7. The van der Waals surface area contributed by atoms with Crippen LogP contribution >= 0.6 is 11.6 Å². The Morgan fingerprint density at radius 1 is 1.16 bits per heavy atom. The maximum Gasteiger partial charge on any atom is 0.138 e. The number of hydrogen-bond donors (Lipinski definition) is 2. The number of rotatable bonds is 5. The monoisotopic (exact) mass is 448 g/mol. The van der Waals surface area contributed by atoms with Gasteiger partial charge in [0, 0.05) is 59.7 Å². The van der Waals surface area contributed by atoms with Crippen LogP contribution in [0.15, 0.2) is 42.7 Å². The number of halogens is 1. The molecule has 5 rings (SSSR count). The van der Waals surface area contributed by atoms with Crippen molar-refractivity contribution in [3.63, 3.8) is 0 Å². The third kappa shape index (κ3) is 3.95. The van der Waals surface area contributed by atoms with E-state index in [0.717, 1.165) is 58.3 Å². The highest BCUT2D eigenvalue weighted by Crippen LogP contribution is 2.27. The molecule has 0 aliphatic carbocycles. The van der Waals surface area contributed by atoms with Crippen LogP contribution in [-0.4, -0.2) is 56.7 Å². The van der Waals surface area contributed by atoms with Gasteiger partial charge in [0.2, 0.25) is 0 Å². The first-order chi connectivity index (χ1) is 15.5. The third-order valence-electron chi connectivity index (χ3n) is 6.40. The summed E-state index contributed by atoms with van der Waals surface area (Å²) in [5, 5.41) is 2.74. The number of nitrogens with two attached hydrogens (primary N) is 1. The standard InChI is InChI=1S/C24H25ClN6O/c1-15-20-9-17(25)3-5-21(20)29-23(15)12-30-6-7-31(18(11-30)13-32)10-16-2-4-19-22(8-16)27-14-28-24(19)26/h2-5,8-9,13-14,18,29H,6-7,10-12H2,1H3,(H2,26,27,28)/t18-/m0/s1. The molecule has 0 amide bonds. The molecule has 164 valence electrons. The van der Waals surface area contributed by atoms with Crippen molar-refractivity contribution in [2.45, 2.75) is 26.1 Å².